The smallest absolute Gasteiger partial charge is 0.267 e. The van der Waals surface area contributed by atoms with Gasteiger partial charge in [-0.2, -0.15) is 0 Å². The Bertz CT molecular complexity index is 1270. The molecule has 7 nitrogen and oxygen atoms in total. The van der Waals surface area contributed by atoms with E-state index in [0.29, 0.717) is 17.1 Å². The lowest BCUT2D eigenvalue weighted by molar-refractivity contribution is 0.0996. The minimum absolute atomic E-state index is 0.132. The molecule has 3 heterocycles. The summed E-state index contributed by atoms with van der Waals surface area (Å²) in [6.45, 7) is 2.07. The van der Waals surface area contributed by atoms with E-state index in [1.807, 2.05) is 6.07 Å². The Morgan fingerprint density at radius 1 is 1.17 bits per heavy atom. The molecule has 0 spiro atoms. The number of amides is 1. The number of aromatic nitrogens is 3. The second kappa shape index (κ2) is 7.84. The Labute approximate surface area is 175 Å². The largest absolute Gasteiger partial charge is 0.497 e. The van der Waals surface area contributed by atoms with Gasteiger partial charge in [-0.05, 0) is 36.8 Å². The van der Waals surface area contributed by atoms with Crippen molar-refractivity contribution in [3.05, 3.63) is 65.2 Å². The number of rotatable bonds is 6. The molecule has 1 aromatic carbocycles. The molecule has 0 saturated carbocycles. The normalized spacial score (nSPS) is 12.8. The van der Waals surface area contributed by atoms with Crippen LogP contribution in [0.4, 0.5) is 0 Å². The highest BCUT2D eigenvalue weighted by Gasteiger charge is 2.15. The fraction of sp³-hybridized carbons (Fsp3) is 0.143. The first-order chi connectivity index (χ1) is 15.2. The Morgan fingerprint density at radius 2 is 1.93 bits per heavy atom. The molecule has 29 heavy (non-hydrogen) atoms. The van der Waals surface area contributed by atoms with Crippen LogP contribution in [0, 0.1) is 6.92 Å². The van der Waals surface area contributed by atoms with Crippen LogP contribution in [0.2, 0.25) is 0 Å². The number of pyridine rings is 1. The highest BCUT2D eigenvalue weighted by atomic mass is 32.1. The van der Waals surface area contributed by atoms with E-state index in [1.165, 1.54) is 11.3 Å². The molecular weight excluding hydrogens is 388 g/mol. The number of ether oxygens (including phenoxy) is 2. The van der Waals surface area contributed by atoms with E-state index < -0.39 is 12.9 Å². The van der Waals surface area contributed by atoms with Crippen molar-refractivity contribution in [1.82, 2.24) is 15.0 Å². The van der Waals surface area contributed by atoms with Gasteiger partial charge in [-0.15, -0.1) is 11.3 Å². The average molecular weight is 409 g/mol. The van der Waals surface area contributed by atoms with Gasteiger partial charge in [0.25, 0.3) is 5.91 Å². The first kappa shape index (κ1) is 15.4. The highest BCUT2D eigenvalue weighted by Crippen LogP contribution is 2.35. The van der Waals surface area contributed by atoms with Gasteiger partial charge in [-0.1, -0.05) is 12.1 Å². The maximum Gasteiger partial charge on any atom is 0.267 e. The molecule has 4 aromatic rings. The summed E-state index contributed by atoms with van der Waals surface area (Å²) in [5, 5.41) is 0. The number of carbonyl (C=O) groups excluding carboxylic acids is 1. The number of nitrogens with two attached hydrogens (primary N) is 1. The molecule has 0 radical (unpaired) electrons. The van der Waals surface area contributed by atoms with Crippen molar-refractivity contribution in [3.8, 4) is 22.6 Å². The van der Waals surface area contributed by atoms with Crippen LogP contribution in [0.15, 0.2) is 48.8 Å². The summed E-state index contributed by atoms with van der Waals surface area (Å²) in [7, 11) is -2.53. The predicted octanol–water partition coefficient (Wildman–Crippen LogP) is 3.75. The summed E-state index contributed by atoms with van der Waals surface area (Å²) >= 11 is 1.47. The van der Waals surface area contributed by atoms with E-state index in [4.69, 9.17) is 19.3 Å². The Balaban J connectivity index is 1.67. The Kier molecular flexibility index (Phi) is 4.17. The zero-order chi connectivity index (χ0) is 22.9. The molecule has 0 aliphatic heterocycles. The molecule has 0 fully saturated rings. The van der Waals surface area contributed by atoms with Crippen LogP contribution in [0.3, 0.4) is 0 Å². The lowest BCUT2D eigenvalue weighted by atomic mass is 10.0. The molecule has 0 unspecified atom stereocenters. The summed E-state index contributed by atoms with van der Waals surface area (Å²) < 4.78 is 33.2. The van der Waals surface area contributed by atoms with Gasteiger partial charge in [0, 0.05) is 10.4 Å². The molecule has 2 N–H and O–H groups in total. The third kappa shape index (κ3) is 4.02. The summed E-state index contributed by atoms with van der Waals surface area (Å²) in [5.74, 6) is 0.775. The molecule has 4 rings (SSSR count). The topological polar surface area (TPSA) is 100 Å². The Hall–Kier alpha value is -3.52. The number of methoxy groups -OCH3 is 1. The molecule has 0 bridgehead atoms. The maximum absolute atomic E-state index is 11.8. The van der Waals surface area contributed by atoms with Crippen LogP contribution in [-0.2, 0) is 6.61 Å². The number of primary amides is 1. The van der Waals surface area contributed by atoms with Crippen molar-refractivity contribution < 1.29 is 18.4 Å². The fourth-order valence-corrected chi connectivity index (χ4v) is 3.84. The van der Waals surface area contributed by atoms with Gasteiger partial charge in [0.2, 0.25) is 0 Å². The Morgan fingerprint density at radius 3 is 2.62 bits per heavy atom. The molecule has 0 saturated heterocycles. The third-order valence-corrected chi connectivity index (χ3v) is 5.34. The minimum atomic E-state index is -2.53. The summed E-state index contributed by atoms with van der Waals surface area (Å²) in [6, 6.07) is 10.0. The van der Waals surface area contributed by atoms with Gasteiger partial charge in [0.1, 0.15) is 23.9 Å². The van der Waals surface area contributed by atoms with Crippen LogP contribution >= 0.6 is 11.3 Å². The van der Waals surface area contributed by atoms with Crippen LogP contribution in [0.1, 0.15) is 25.3 Å². The number of hydrogen-bond acceptors (Lipinski definition) is 7. The average Bonchev–Trinajstić information content (AvgIpc) is 3.15. The van der Waals surface area contributed by atoms with E-state index in [1.54, 1.807) is 49.6 Å². The van der Waals surface area contributed by atoms with Gasteiger partial charge in [-0.25, -0.2) is 15.0 Å². The van der Waals surface area contributed by atoms with Gasteiger partial charge >= 0.3 is 0 Å². The molecule has 0 atom stereocenters. The van der Waals surface area contributed by atoms with Crippen molar-refractivity contribution in [3.63, 3.8) is 0 Å². The molecule has 0 aliphatic carbocycles. The number of benzene rings is 1. The minimum Gasteiger partial charge on any atom is -0.497 e. The number of carbonyl (C=O) groups is 1. The van der Waals surface area contributed by atoms with Crippen LogP contribution in [-0.4, -0.2) is 27.9 Å². The van der Waals surface area contributed by atoms with E-state index in [9.17, 15) is 4.79 Å². The zero-order valence-electron chi connectivity index (χ0n) is 18.4. The molecule has 8 heteroatoms. The summed E-state index contributed by atoms with van der Waals surface area (Å²) in [4.78, 5) is 25.3. The quantitative estimate of drug-likeness (QED) is 0.521. The van der Waals surface area contributed by atoms with Crippen LogP contribution < -0.4 is 15.2 Å². The van der Waals surface area contributed by atoms with Crippen molar-refractivity contribution in [2.45, 2.75) is 13.5 Å². The first-order valence-corrected chi connectivity index (χ1v) is 9.44. The van der Waals surface area contributed by atoms with Crippen LogP contribution in [0.5, 0.6) is 11.5 Å². The van der Waals surface area contributed by atoms with Gasteiger partial charge in [-0.3, -0.25) is 4.79 Å². The van der Waals surface area contributed by atoms with Crippen molar-refractivity contribution in [1.29, 1.82) is 0 Å². The second-order valence-corrected chi connectivity index (χ2v) is 7.36. The number of hydrogen-bond donors (Lipinski definition) is 1. The monoisotopic (exact) mass is 409 g/mol. The van der Waals surface area contributed by atoms with Crippen molar-refractivity contribution in [2.24, 2.45) is 5.73 Å². The molecule has 3 aromatic heterocycles. The van der Waals surface area contributed by atoms with E-state index in [-0.39, 0.29) is 18.1 Å². The van der Waals surface area contributed by atoms with E-state index in [0.717, 1.165) is 20.7 Å². The fourth-order valence-electron chi connectivity index (χ4n) is 2.80. The third-order valence-electron chi connectivity index (χ3n) is 4.20. The standard InChI is InChI=1S/C21H18N4O3S/c1-12-23-9-15(10-24-12)28-11-16-7-18-20(29-16)17(8-19(25-18)21(22)26)13-3-5-14(27-2)6-4-13/h3-10H,11H2,1-2H3,(H2,22,26)/i2D3. The lowest BCUT2D eigenvalue weighted by Gasteiger charge is -2.07. The van der Waals surface area contributed by atoms with E-state index >= 15 is 0 Å². The predicted molar refractivity (Wildman–Crippen MR) is 111 cm³/mol. The number of fused-ring (bicyclic) bond motifs is 1. The maximum atomic E-state index is 11.8. The van der Waals surface area contributed by atoms with Crippen LogP contribution in [0.25, 0.3) is 21.3 Å². The summed E-state index contributed by atoms with van der Waals surface area (Å²) in [6.07, 6.45) is 3.21. The van der Waals surface area contributed by atoms with Gasteiger partial charge in [0.15, 0.2) is 5.75 Å². The van der Waals surface area contributed by atoms with E-state index in [2.05, 4.69) is 15.0 Å². The van der Waals surface area contributed by atoms with Gasteiger partial charge in [0.05, 0.1) is 33.8 Å². The molecule has 0 aliphatic rings. The van der Waals surface area contributed by atoms with Gasteiger partial charge < -0.3 is 15.2 Å². The lowest BCUT2D eigenvalue weighted by Crippen LogP contribution is -2.13. The summed E-state index contributed by atoms with van der Waals surface area (Å²) in [5.41, 5.74) is 7.74. The number of aryl methyl sites for hydroxylation is 1. The molecule has 146 valence electrons. The number of thiophene rings is 1. The second-order valence-electron chi connectivity index (χ2n) is 6.23. The molecule has 1 amide bonds. The molecular formula is C21H18N4O3S. The van der Waals surface area contributed by atoms with Crippen molar-refractivity contribution in [2.75, 3.05) is 7.04 Å². The highest BCUT2D eigenvalue weighted by molar-refractivity contribution is 7.19. The first-order valence-electron chi connectivity index (χ1n) is 10.1. The SMILES string of the molecule is [2H]C([2H])([2H])Oc1ccc(-c2cc(C(N)=O)nc3cc(COc4cnc(C)nc4)sc23)cc1. The number of nitrogens with zero attached hydrogens (tertiary/aromatic N) is 3. The zero-order valence-corrected chi connectivity index (χ0v) is 16.2. The van der Waals surface area contributed by atoms with Crippen molar-refractivity contribution >= 4 is 27.5 Å².